The van der Waals surface area contributed by atoms with Crippen molar-refractivity contribution in [1.29, 1.82) is 0 Å². The minimum absolute atomic E-state index is 0.0339. The van der Waals surface area contributed by atoms with Gasteiger partial charge in [0.1, 0.15) is 50.5 Å². The molecule has 0 saturated heterocycles. The van der Waals surface area contributed by atoms with Crippen molar-refractivity contribution in [3.05, 3.63) is 21.7 Å². The standard InChI is InChI=1S/C24H27ClO8/c1-6-8-11(26)13-19(29)15(18(28)10(3)22(13)32-5)16-20(30)14-12(27)9-24(4,7-2)33-23(14)17(25)21(16)31/h28-31H,6-9H2,1-5H3. The van der Waals surface area contributed by atoms with Crippen molar-refractivity contribution in [2.24, 2.45) is 0 Å². The number of benzene rings is 2. The van der Waals surface area contributed by atoms with Crippen LogP contribution in [0.1, 0.15) is 72.7 Å². The Morgan fingerprint density at radius 3 is 2.21 bits per heavy atom. The molecule has 1 atom stereocenters. The number of carbonyl (C=O) groups is 2. The maximum Gasteiger partial charge on any atom is 0.174 e. The molecule has 0 amide bonds. The van der Waals surface area contributed by atoms with E-state index in [0.29, 0.717) is 12.8 Å². The molecule has 0 saturated carbocycles. The minimum atomic E-state index is -0.880. The molecule has 0 radical (unpaired) electrons. The Kier molecular flexibility index (Phi) is 6.44. The lowest BCUT2D eigenvalue weighted by molar-refractivity contribution is 0.0493. The Labute approximate surface area is 196 Å². The van der Waals surface area contributed by atoms with Crippen LogP contribution in [0.3, 0.4) is 0 Å². The third-order valence-corrected chi connectivity index (χ3v) is 6.45. The van der Waals surface area contributed by atoms with E-state index in [2.05, 4.69) is 0 Å². The number of methoxy groups -OCH3 is 1. The summed E-state index contributed by atoms with van der Waals surface area (Å²) < 4.78 is 11.1. The highest BCUT2D eigenvalue weighted by Gasteiger charge is 2.42. The molecule has 1 aliphatic heterocycles. The topological polar surface area (TPSA) is 134 Å². The van der Waals surface area contributed by atoms with Crippen LogP contribution in [0.5, 0.6) is 34.5 Å². The summed E-state index contributed by atoms with van der Waals surface area (Å²) in [7, 11) is 1.29. The second kappa shape index (κ2) is 8.67. The summed E-state index contributed by atoms with van der Waals surface area (Å²) >= 11 is 6.35. The lowest BCUT2D eigenvalue weighted by atomic mass is 9.86. The molecule has 8 nitrogen and oxygen atoms in total. The molecular weight excluding hydrogens is 452 g/mol. The van der Waals surface area contributed by atoms with E-state index in [0.717, 1.165) is 0 Å². The Morgan fingerprint density at radius 1 is 1.06 bits per heavy atom. The smallest absolute Gasteiger partial charge is 0.174 e. The van der Waals surface area contributed by atoms with E-state index in [1.54, 1.807) is 13.8 Å². The van der Waals surface area contributed by atoms with Gasteiger partial charge in [0.05, 0.1) is 24.7 Å². The van der Waals surface area contributed by atoms with Crippen molar-refractivity contribution in [2.45, 2.75) is 59.0 Å². The molecule has 2 aromatic carbocycles. The van der Waals surface area contributed by atoms with Crippen LogP contribution in [-0.4, -0.2) is 44.7 Å². The number of aromatic hydroxyl groups is 4. The van der Waals surface area contributed by atoms with Crippen molar-refractivity contribution >= 4 is 23.2 Å². The third-order valence-electron chi connectivity index (χ3n) is 6.10. The monoisotopic (exact) mass is 478 g/mol. The molecule has 1 aliphatic rings. The number of hydrogen-bond donors (Lipinski definition) is 4. The number of phenols is 4. The third kappa shape index (κ3) is 3.72. The number of hydrogen-bond acceptors (Lipinski definition) is 8. The molecule has 3 rings (SSSR count). The molecule has 178 valence electrons. The fourth-order valence-corrected chi connectivity index (χ4v) is 4.33. The van der Waals surface area contributed by atoms with Crippen molar-refractivity contribution in [2.75, 3.05) is 7.11 Å². The number of Topliss-reactive ketones (excluding diaryl/α,β-unsaturated/α-hetero) is 2. The van der Waals surface area contributed by atoms with E-state index in [9.17, 15) is 30.0 Å². The highest BCUT2D eigenvalue weighted by Crippen LogP contribution is 2.58. The van der Waals surface area contributed by atoms with Crippen LogP contribution in [-0.2, 0) is 0 Å². The highest BCUT2D eigenvalue weighted by atomic mass is 35.5. The molecule has 33 heavy (non-hydrogen) atoms. The summed E-state index contributed by atoms with van der Waals surface area (Å²) in [6, 6.07) is 0. The highest BCUT2D eigenvalue weighted by molar-refractivity contribution is 6.35. The molecule has 4 N–H and O–H groups in total. The number of ketones is 2. The first kappa shape index (κ1) is 24.5. The quantitative estimate of drug-likeness (QED) is 0.413. The summed E-state index contributed by atoms with van der Waals surface area (Å²) in [6.07, 6.45) is 0.989. The largest absolute Gasteiger partial charge is 0.507 e. The van der Waals surface area contributed by atoms with Gasteiger partial charge in [-0.2, -0.15) is 0 Å². The van der Waals surface area contributed by atoms with E-state index in [1.807, 2.05) is 6.92 Å². The number of fused-ring (bicyclic) bond motifs is 1. The van der Waals surface area contributed by atoms with Crippen molar-refractivity contribution in [3.8, 4) is 45.6 Å². The molecule has 2 aromatic rings. The van der Waals surface area contributed by atoms with Crippen molar-refractivity contribution in [3.63, 3.8) is 0 Å². The molecule has 0 aromatic heterocycles. The zero-order valence-corrected chi connectivity index (χ0v) is 19.9. The first-order valence-corrected chi connectivity index (χ1v) is 11.0. The van der Waals surface area contributed by atoms with Gasteiger partial charge in [-0.1, -0.05) is 25.4 Å². The maximum absolute atomic E-state index is 12.9. The zero-order chi connectivity index (χ0) is 24.8. The van der Waals surface area contributed by atoms with E-state index < -0.39 is 51.3 Å². The van der Waals surface area contributed by atoms with Gasteiger partial charge in [-0.05, 0) is 26.7 Å². The average Bonchev–Trinajstić information content (AvgIpc) is 2.76. The van der Waals surface area contributed by atoms with E-state index in [1.165, 1.54) is 14.0 Å². The van der Waals surface area contributed by atoms with Gasteiger partial charge in [-0.15, -0.1) is 0 Å². The van der Waals surface area contributed by atoms with Crippen LogP contribution in [0.15, 0.2) is 0 Å². The molecule has 1 heterocycles. The van der Waals surface area contributed by atoms with Crippen molar-refractivity contribution in [1.82, 2.24) is 0 Å². The van der Waals surface area contributed by atoms with Gasteiger partial charge >= 0.3 is 0 Å². The molecule has 9 heteroatoms. The minimum Gasteiger partial charge on any atom is -0.507 e. The zero-order valence-electron chi connectivity index (χ0n) is 19.1. The lowest BCUT2D eigenvalue weighted by Gasteiger charge is -2.35. The van der Waals surface area contributed by atoms with Gasteiger partial charge in [0.15, 0.2) is 17.3 Å². The predicted octanol–water partition coefficient (Wildman–Crippen LogP) is 5.26. The molecule has 0 fully saturated rings. The predicted molar refractivity (Wildman–Crippen MR) is 122 cm³/mol. The molecule has 1 unspecified atom stereocenters. The summed E-state index contributed by atoms with van der Waals surface area (Å²) in [5, 5.41) is 43.5. The Morgan fingerprint density at radius 2 is 1.67 bits per heavy atom. The van der Waals surface area contributed by atoms with Crippen LogP contribution in [0.2, 0.25) is 5.02 Å². The molecular formula is C24H27ClO8. The number of rotatable bonds is 6. The van der Waals surface area contributed by atoms with Gasteiger partial charge in [-0.3, -0.25) is 9.59 Å². The summed E-state index contributed by atoms with van der Waals surface area (Å²) in [6.45, 7) is 6.77. The summed E-state index contributed by atoms with van der Waals surface area (Å²) in [5.74, 6) is -3.86. The second-order valence-electron chi connectivity index (χ2n) is 8.37. The van der Waals surface area contributed by atoms with Crippen LogP contribution >= 0.6 is 11.6 Å². The number of carbonyl (C=O) groups excluding carboxylic acids is 2. The van der Waals surface area contributed by atoms with Crippen LogP contribution in [0.4, 0.5) is 0 Å². The maximum atomic E-state index is 12.9. The summed E-state index contributed by atoms with van der Waals surface area (Å²) in [5.41, 5.74) is -2.19. The number of halogens is 1. The Hall–Kier alpha value is -3.13. The molecule has 0 aliphatic carbocycles. The average molecular weight is 479 g/mol. The first-order chi connectivity index (χ1) is 15.4. The van der Waals surface area contributed by atoms with E-state index in [-0.39, 0.29) is 46.1 Å². The molecule has 0 spiro atoms. The van der Waals surface area contributed by atoms with Crippen molar-refractivity contribution < 1.29 is 39.5 Å². The van der Waals surface area contributed by atoms with Gasteiger partial charge in [0, 0.05) is 12.0 Å². The van der Waals surface area contributed by atoms with Gasteiger partial charge in [0.2, 0.25) is 0 Å². The fourth-order valence-electron chi connectivity index (χ4n) is 4.10. The SMILES string of the molecule is CCCC(=O)c1c(O)c(-c2c(O)c(Cl)c3c(c2O)C(=O)CC(C)(CC)O3)c(O)c(C)c1OC. The van der Waals surface area contributed by atoms with Crippen LogP contribution < -0.4 is 9.47 Å². The normalized spacial score (nSPS) is 17.5. The number of phenolic OH excluding ortho intramolecular Hbond substituents is 4. The second-order valence-corrected chi connectivity index (χ2v) is 8.75. The van der Waals surface area contributed by atoms with Gasteiger partial charge in [0.25, 0.3) is 0 Å². The van der Waals surface area contributed by atoms with Crippen LogP contribution in [0.25, 0.3) is 11.1 Å². The molecule has 0 bridgehead atoms. The van der Waals surface area contributed by atoms with E-state index >= 15 is 0 Å². The van der Waals surface area contributed by atoms with Gasteiger partial charge < -0.3 is 29.9 Å². The Bertz CT molecular complexity index is 1170. The fraction of sp³-hybridized carbons (Fsp3) is 0.417. The van der Waals surface area contributed by atoms with Gasteiger partial charge in [-0.25, -0.2) is 0 Å². The lowest BCUT2D eigenvalue weighted by Crippen LogP contribution is -2.38. The number of ether oxygens (including phenoxy) is 2. The van der Waals surface area contributed by atoms with E-state index in [4.69, 9.17) is 21.1 Å². The first-order valence-electron chi connectivity index (χ1n) is 10.6. The van der Waals surface area contributed by atoms with Crippen LogP contribution in [0, 0.1) is 6.92 Å². The summed E-state index contributed by atoms with van der Waals surface area (Å²) in [4.78, 5) is 25.7. The Balaban J connectivity index is 2.42.